The van der Waals surface area contributed by atoms with Crippen LogP contribution >= 0.6 is 0 Å². The Hall–Kier alpha value is -3.61. The molecule has 0 aliphatic carbocycles. The lowest BCUT2D eigenvalue weighted by Crippen LogP contribution is -2.37. The summed E-state index contributed by atoms with van der Waals surface area (Å²) in [6.07, 6.45) is 2.18. The Kier molecular flexibility index (Phi) is 5.05. The zero-order valence-corrected chi connectivity index (χ0v) is 14.9. The van der Waals surface area contributed by atoms with Gasteiger partial charge in [-0.05, 0) is 42.0 Å². The number of hydrogen-bond acceptors (Lipinski definition) is 4. The molecular weight excluding hydrogens is 361 g/mol. The van der Waals surface area contributed by atoms with Crippen molar-refractivity contribution in [2.75, 3.05) is 11.9 Å². The molecule has 4 rings (SSSR count). The number of anilines is 1. The number of aromatic nitrogens is 1. The molecule has 0 unspecified atom stereocenters. The lowest BCUT2D eigenvalue weighted by atomic mass is 10.1. The second kappa shape index (κ2) is 7.96. The highest BCUT2D eigenvalue weighted by Gasteiger charge is 2.22. The summed E-state index contributed by atoms with van der Waals surface area (Å²) in [6, 6.07) is 16.5. The van der Waals surface area contributed by atoms with Crippen LogP contribution in [0.2, 0.25) is 0 Å². The number of benzene rings is 2. The second-order valence-electron chi connectivity index (χ2n) is 6.33. The van der Waals surface area contributed by atoms with Crippen LogP contribution in [-0.4, -0.2) is 23.7 Å². The van der Waals surface area contributed by atoms with E-state index in [2.05, 4.69) is 15.6 Å². The van der Waals surface area contributed by atoms with E-state index in [0.717, 1.165) is 17.7 Å². The number of pyridine rings is 1. The molecule has 2 heterocycles. The molecule has 7 heteroatoms. The zero-order chi connectivity index (χ0) is 19.3. The zero-order valence-electron chi connectivity index (χ0n) is 14.9. The first-order valence-electron chi connectivity index (χ1n) is 8.84. The number of amides is 2. The van der Waals surface area contributed by atoms with E-state index in [1.807, 2.05) is 24.3 Å². The van der Waals surface area contributed by atoms with Crippen molar-refractivity contribution in [2.45, 2.75) is 12.5 Å². The summed E-state index contributed by atoms with van der Waals surface area (Å²) in [6.45, 7) is 0.402. The Labute approximate surface area is 161 Å². The van der Waals surface area contributed by atoms with Gasteiger partial charge in [0.25, 0.3) is 0 Å². The third-order valence-corrected chi connectivity index (χ3v) is 4.23. The van der Waals surface area contributed by atoms with E-state index >= 15 is 0 Å². The molecule has 0 saturated heterocycles. The lowest BCUT2D eigenvalue weighted by molar-refractivity contribution is 0.219. The van der Waals surface area contributed by atoms with E-state index < -0.39 is 0 Å². The standard InChI is InChI=1S/C21H18FN3O3/c22-15-5-8-17(9-6-15)28-20-10-7-16(12-23-20)25-21(26)24-13-18-11-14-3-1-2-4-19(14)27-18/h1-10,12,18H,11,13H2,(H2,24,25,26)/t18-/m0/s1. The third-order valence-electron chi connectivity index (χ3n) is 4.23. The van der Waals surface area contributed by atoms with Gasteiger partial charge in [-0.3, -0.25) is 0 Å². The van der Waals surface area contributed by atoms with Gasteiger partial charge in [0.2, 0.25) is 5.88 Å². The van der Waals surface area contributed by atoms with Crippen molar-refractivity contribution < 1.29 is 18.7 Å². The number of nitrogens with one attached hydrogen (secondary N) is 2. The molecule has 2 N–H and O–H groups in total. The highest BCUT2D eigenvalue weighted by Crippen LogP contribution is 2.27. The Bertz CT molecular complexity index is 936. The first kappa shape index (κ1) is 17.8. The van der Waals surface area contributed by atoms with Gasteiger partial charge in [0.1, 0.15) is 23.4 Å². The average Bonchev–Trinajstić information content (AvgIpc) is 3.13. The summed E-state index contributed by atoms with van der Waals surface area (Å²) >= 11 is 0. The SMILES string of the molecule is O=C(NC[C@@H]1Cc2ccccc2O1)Nc1ccc(Oc2ccc(F)cc2)nc1. The number of rotatable bonds is 5. The van der Waals surface area contributed by atoms with Gasteiger partial charge in [-0.15, -0.1) is 0 Å². The maximum absolute atomic E-state index is 12.9. The summed E-state index contributed by atoms with van der Waals surface area (Å²) in [7, 11) is 0. The molecular formula is C21H18FN3O3. The molecule has 6 nitrogen and oxygen atoms in total. The quantitative estimate of drug-likeness (QED) is 0.699. The number of halogens is 1. The fourth-order valence-corrected chi connectivity index (χ4v) is 2.89. The van der Waals surface area contributed by atoms with Crippen molar-refractivity contribution >= 4 is 11.7 Å². The molecule has 2 amide bonds. The number of hydrogen-bond donors (Lipinski definition) is 2. The van der Waals surface area contributed by atoms with Crippen LogP contribution in [-0.2, 0) is 6.42 Å². The minimum atomic E-state index is -0.339. The van der Waals surface area contributed by atoms with E-state index in [4.69, 9.17) is 9.47 Å². The first-order valence-corrected chi connectivity index (χ1v) is 8.84. The molecule has 2 aromatic carbocycles. The normalized spacial score (nSPS) is 14.7. The van der Waals surface area contributed by atoms with Crippen LogP contribution in [0.25, 0.3) is 0 Å². The maximum atomic E-state index is 12.9. The van der Waals surface area contributed by atoms with Crippen molar-refractivity contribution in [3.8, 4) is 17.4 Å². The van der Waals surface area contributed by atoms with Crippen LogP contribution in [0.5, 0.6) is 17.4 Å². The fourth-order valence-electron chi connectivity index (χ4n) is 2.89. The van der Waals surface area contributed by atoms with E-state index in [1.54, 1.807) is 12.1 Å². The number of urea groups is 1. The van der Waals surface area contributed by atoms with Gasteiger partial charge in [0, 0.05) is 12.5 Å². The number of carbonyl (C=O) groups excluding carboxylic acids is 1. The summed E-state index contributed by atoms with van der Waals surface area (Å²) in [5, 5.41) is 5.51. The minimum Gasteiger partial charge on any atom is -0.488 e. The number of ether oxygens (including phenoxy) is 2. The molecule has 0 bridgehead atoms. The molecule has 1 aliphatic rings. The van der Waals surface area contributed by atoms with Crippen molar-refractivity contribution in [1.29, 1.82) is 0 Å². The second-order valence-corrected chi connectivity index (χ2v) is 6.33. The van der Waals surface area contributed by atoms with E-state index in [0.29, 0.717) is 23.9 Å². The number of para-hydroxylation sites is 1. The van der Waals surface area contributed by atoms with Crippen LogP contribution in [0.4, 0.5) is 14.9 Å². The van der Waals surface area contributed by atoms with Crippen molar-refractivity contribution in [3.05, 3.63) is 78.2 Å². The summed E-state index contributed by atoms with van der Waals surface area (Å²) in [5.74, 6) is 1.35. The van der Waals surface area contributed by atoms with E-state index in [1.165, 1.54) is 30.5 Å². The molecule has 3 aromatic rings. The molecule has 0 radical (unpaired) electrons. The van der Waals surface area contributed by atoms with Gasteiger partial charge in [0.05, 0.1) is 18.4 Å². The maximum Gasteiger partial charge on any atom is 0.319 e. The van der Waals surface area contributed by atoms with Gasteiger partial charge in [-0.25, -0.2) is 14.2 Å². The van der Waals surface area contributed by atoms with Gasteiger partial charge in [-0.1, -0.05) is 18.2 Å². The number of carbonyl (C=O) groups is 1. The molecule has 0 fully saturated rings. The highest BCUT2D eigenvalue weighted by molar-refractivity contribution is 5.89. The molecule has 1 atom stereocenters. The van der Waals surface area contributed by atoms with Crippen molar-refractivity contribution in [3.63, 3.8) is 0 Å². The van der Waals surface area contributed by atoms with Gasteiger partial charge in [0.15, 0.2) is 0 Å². The highest BCUT2D eigenvalue weighted by atomic mass is 19.1. The van der Waals surface area contributed by atoms with Crippen molar-refractivity contribution in [1.82, 2.24) is 10.3 Å². The molecule has 142 valence electrons. The molecule has 0 spiro atoms. The first-order chi connectivity index (χ1) is 13.7. The monoisotopic (exact) mass is 379 g/mol. The largest absolute Gasteiger partial charge is 0.488 e. The smallest absolute Gasteiger partial charge is 0.319 e. The Morgan fingerprint density at radius 1 is 1.14 bits per heavy atom. The molecule has 1 aromatic heterocycles. The van der Waals surface area contributed by atoms with Gasteiger partial charge in [-0.2, -0.15) is 0 Å². The lowest BCUT2D eigenvalue weighted by Gasteiger charge is -2.13. The molecule has 28 heavy (non-hydrogen) atoms. The molecule has 0 saturated carbocycles. The molecule has 1 aliphatic heterocycles. The fraction of sp³-hybridized carbons (Fsp3) is 0.143. The third kappa shape index (κ3) is 4.37. The van der Waals surface area contributed by atoms with E-state index in [-0.39, 0.29) is 18.0 Å². The Morgan fingerprint density at radius 3 is 2.71 bits per heavy atom. The van der Waals surface area contributed by atoms with E-state index in [9.17, 15) is 9.18 Å². The summed E-state index contributed by atoms with van der Waals surface area (Å²) in [4.78, 5) is 16.2. The number of fused-ring (bicyclic) bond motifs is 1. The van der Waals surface area contributed by atoms with Crippen LogP contribution in [0.15, 0.2) is 66.9 Å². The van der Waals surface area contributed by atoms with Gasteiger partial charge >= 0.3 is 6.03 Å². The predicted octanol–water partition coefficient (Wildman–Crippen LogP) is 4.14. The van der Waals surface area contributed by atoms with Crippen LogP contribution in [0.3, 0.4) is 0 Å². The van der Waals surface area contributed by atoms with Crippen LogP contribution in [0, 0.1) is 5.82 Å². The summed E-state index contributed by atoms with van der Waals surface area (Å²) in [5.41, 5.74) is 1.68. The average molecular weight is 379 g/mol. The Balaban J connectivity index is 1.25. The summed E-state index contributed by atoms with van der Waals surface area (Å²) < 4.78 is 24.2. The number of nitrogens with zero attached hydrogens (tertiary/aromatic N) is 1. The van der Waals surface area contributed by atoms with Crippen LogP contribution in [0.1, 0.15) is 5.56 Å². The predicted molar refractivity (Wildman–Crippen MR) is 102 cm³/mol. The Morgan fingerprint density at radius 2 is 1.96 bits per heavy atom. The van der Waals surface area contributed by atoms with Crippen LogP contribution < -0.4 is 20.1 Å². The minimum absolute atomic E-state index is 0.0761. The topological polar surface area (TPSA) is 72.5 Å². The van der Waals surface area contributed by atoms with Gasteiger partial charge < -0.3 is 20.1 Å². The van der Waals surface area contributed by atoms with Crippen molar-refractivity contribution in [2.24, 2.45) is 0 Å².